The fourth-order valence-corrected chi connectivity index (χ4v) is 4.49. The Balaban J connectivity index is 2.26. The molecule has 70 valence electrons. The standard InChI is InChI=1S/C5H6BrF2O3P/c6-5(7,8)12(9,3-1-10-3)4-2-11-4/h3-4H,1-2H2. The van der Waals surface area contributed by atoms with E-state index in [9.17, 15) is 13.3 Å². The molecule has 0 aromatic rings. The van der Waals surface area contributed by atoms with Crippen LogP contribution in [-0.2, 0) is 14.0 Å². The van der Waals surface area contributed by atoms with E-state index in [4.69, 9.17) is 0 Å². The minimum absolute atomic E-state index is 0.151. The zero-order chi connectivity index (χ0) is 8.98. The van der Waals surface area contributed by atoms with E-state index in [1.807, 2.05) is 0 Å². The van der Waals surface area contributed by atoms with Crippen LogP contribution in [0, 0.1) is 0 Å². The van der Waals surface area contributed by atoms with Crippen LogP contribution in [0.2, 0.25) is 0 Å². The number of hydrogen-bond donors (Lipinski definition) is 0. The molecule has 0 aromatic carbocycles. The molecule has 0 aliphatic carbocycles. The van der Waals surface area contributed by atoms with Crippen LogP contribution in [0.25, 0.3) is 0 Å². The zero-order valence-electron chi connectivity index (χ0n) is 5.87. The summed E-state index contributed by atoms with van der Waals surface area (Å²) in [6.07, 6.45) is 0. The Morgan fingerprint density at radius 2 is 1.67 bits per heavy atom. The van der Waals surface area contributed by atoms with Crippen molar-refractivity contribution in [3.8, 4) is 0 Å². The third-order valence-corrected chi connectivity index (χ3v) is 6.65. The Kier molecular flexibility index (Phi) is 1.89. The van der Waals surface area contributed by atoms with Crippen LogP contribution in [0.15, 0.2) is 0 Å². The number of rotatable bonds is 3. The summed E-state index contributed by atoms with van der Waals surface area (Å²) in [5.74, 6) is -1.61. The Morgan fingerprint density at radius 3 is 1.83 bits per heavy atom. The molecule has 2 fully saturated rings. The van der Waals surface area contributed by atoms with E-state index in [0.29, 0.717) is 0 Å². The van der Waals surface area contributed by atoms with Crippen LogP contribution in [0.4, 0.5) is 8.78 Å². The van der Waals surface area contributed by atoms with E-state index in [-0.39, 0.29) is 13.2 Å². The average molecular weight is 263 g/mol. The number of halogens is 3. The van der Waals surface area contributed by atoms with Crippen molar-refractivity contribution in [3.05, 3.63) is 0 Å². The molecule has 0 saturated carbocycles. The van der Waals surface area contributed by atoms with Crippen molar-refractivity contribution >= 4 is 23.1 Å². The van der Waals surface area contributed by atoms with Gasteiger partial charge in [0.2, 0.25) is 7.14 Å². The van der Waals surface area contributed by atoms with Gasteiger partial charge in [-0.3, -0.25) is 0 Å². The molecule has 0 radical (unpaired) electrons. The van der Waals surface area contributed by atoms with Gasteiger partial charge in [0.1, 0.15) is 11.7 Å². The third-order valence-electron chi connectivity index (χ3n) is 1.88. The molecule has 2 atom stereocenters. The van der Waals surface area contributed by atoms with Gasteiger partial charge < -0.3 is 14.0 Å². The Hall–Kier alpha value is 0.490. The van der Waals surface area contributed by atoms with E-state index < -0.39 is 23.4 Å². The predicted octanol–water partition coefficient (Wildman–Crippen LogP) is 2.01. The lowest BCUT2D eigenvalue weighted by Crippen LogP contribution is -2.15. The maximum Gasteiger partial charge on any atom is 0.355 e. The molecule has 2 aliphatic heterocycles. The summed E-state index contributed by atoms with van der Waals surface area (Å²) in [5, 5.41) is 0. The molecule has 2 aliphatic rings. The number of epoxide rings is 2. The highest BCUT2D eigenvalue weighted by molar-refractivity contribution is 9.11. The first-order valence-corrected chi connectivity index (χ1v) is 5.99. The SMILES string of the molecule is O=P(C1CO1)(C1CO1)C(F)(F)Br. The molecule has 0 amide bonds. The first-order valence-electron chi connectivity index (χ1n) is 3.35. The smallest absolute Gasteiger partial charge is 0.355 e. The second kappa shape index (κ2) is 2.50. The molecule has 0 N–H and O–H groups in total. The predicted molar refractivity (Wildman–Crippen MR) is 41.0 cm³/mol. The van der Waals surface area contributed by atoms with E-state index in [0.717, 1.165) is 0 Å². The van der Waals surface area contributed by atoms with Crippen molar-refractivity contribution in [2.75, 3.05) is 13.2 Å². The molecule has 2 unspecified atom stereocenters. The van der Waals surface area contributed by atoms with Crippen molar-refractivity contribution in [1.82, 2.24) is 0 Å². The van der Waals surface area contributed by atoms with Gasteiger partial charge in [-0.25, -0.2) is 0 Å². The molecule has 2 rings (SSSR count). The normalized spacial score (nSPS) is 38.9. The first-order chi connectivity index (χ1) is 5.46. The summed E-state index contributed by atoms with van der Waals surface area (Å²) in [6.45, 7) is 0.302. The summed E-state index contributed by atoms with van der Waals surface area (Å²) < 4.78 is 43.3. The first kappa shape index (κ1) is 9.06. The largest absolute Gasteiger partial charge is 0.364 e. The maximum absolute atomic E-state index is 12.8. The van der Waals surface area contributed by atoms with Crippen LogP contribution in [0.5, 0.6) is 0 Å². The molecule has 7 heteroatoms. The van der Waals surface area contributed by atoms with Crippen molar-refractivity contribution in [2.45, 2.75) is 16.3 Å². The minimum Gasteiger partial charge on any atom is -0.364 e. The van der Waals surface area contributed by atoms with Crippen LogP contribution in [0.3, 0.4) is 0 Å². The fraction of sp³-hybridized carbons (Fsp3) is 1.00. The molecule has 0 spiro atoms. The number of alkyl halides is 3. The van der Waals surface area contributed by atoms with E-state index in [1.165, 1.54) is 0 Å². The summed E-state index contributed by atoms with van der Waals surface area (Å²) >= 11 is 2.13. The third kappa shape index (κ3) is 1.25. The maximum atomic E-state index is 12.8. The lowest BCUT2D eigenvalue weighted by atomic mass is 11.0. The lowest BCUT2D eigenvalue weighted by Gasteiger charge is -2.18. The highest BCUT2D eigenvalue weighted by Gasteiger charge is 2.66. The molecule has 0 bridgehead atoms. The van der Waals surface area contributed by atoms with Gasteiger partial charge in [0, 0.05) is 0 Å². The van der Waals surface area contributed by atoms with Gasteiger partial charge in [0.05, 0.1) is 13.2 Å². The van der Waals surface area contributed by atoms with Gasteiger partial charge in [-0.05, 0) is 15.9 Å². The Labute approximate surface area is 75.9 Å². The van der Waals surface area contributed by atoms with Crippen LogP contribution in [0.1, 0.15) is 0 Å². The number of ether oxygens (including phenoxy) is 2. The van der Waals surface area contributed by atoms with Crippen LogP contribution < -0.4 is 0 Å². The monoisotopic (exact) mass is 262 g/mol. The highest BCUT2D eigenvalue weighted by Crippen LogP contribution is 2.75. The highest BCUT2D eigenvalue weighted by atomic mass is 79.9. The van der Waals surface area contributed by atoms with E-state index >= 15 is 0 Å². The molecule has 3 nitrogen and oxygen atoms in total. The van der Waals surface area contributed by atoms with Crippen molar-refractivity contribution in [1.29, 1.82) is 0 Å². The lowest BCUT2D eigenvalue weighted by molar-refractivity contribution is 0.195. The summed E-state index contributed by atoms with van der Waals surface area (Å²) in [7, 11) is -3.69. The Bertz CT molecular complexity index is 230. The molecular weight excluding hydrogens is 257 g/mol. The topological polar surface area (TPSA) is 42.1 Å². The van der Waals surface area contributed by atoms with E-state index in [1.54, 1.807) is 0 Å². The van der Waals surface area contributed by atoms with Crippen molar-refractivity contribution in [2.24, 2.45) is 0 Å². The van der Waals surface area contributed by atoms with Crippen molar-refractivity contribution in [3.63, 3.8) is 0 Å². The van der Waals surface area contributed by atoms with Crippen molar-refractivity contribution < 1.29 is 22.8 Å². The molecule has 0 aromatic heterocycles. The quantitative estimate of drug-likeness (QED) is 0.444. The van der Waals surface area contributed by atoms with Gasteiger partial charge >= 0.3 is 4.57 Å². The van der Waals surface area contributed by atoms with Crippen LogP contribution >= 0.6 is 23.1 Å². The minimum atomic E-state index is -3.69. The van der Waals surface area contributed by atoms with Crippen LogP contribution in [-0.4, -0.2) is 29.5 Å². The summed E-state index contributed by atoms with van der Waals surface area (Å²) in [4.78, 5) is 0. The second-order valence-corrected chi connectivity index (χ2v) is 7.49. The summed E-state index contributed by atoms with van der Waals surface area (Å²) in [5.41, 5.74) is 0. The molecule has 12 heavy (non-hydrogen) atoms. The summed E-state index contributed by atoms with van der Waals surface area (Å²) in [6, 6.07) is 0. The van der Waals surface area contributed by atoms with Gasteiger partial charge in [-0.15, -0.1) is 0 Å². The fourth-order valence-electron chi connectivity index (χ4n) is 1.04. The number of hydrogen-bond acceptors (Lipinski definition) is 3. The van der Waals surface area contributed by atoms with Gasteiger partial charge in [0.25, 0.3) is 0 Å². The van der Waals surface area contributed by atoms with E-state index in [2.05, 4.69) is 25.4 Å². The molecule has 2 saturated heterocycles. The van der Waals surface area contributed by atoms with Gasteiger partial charge in [-0.2, -0.15) is 8.78 Å². The average Bonchev–Trinajstić information content (AvgIpc) is 2.79. The second-order valence-electron chi connectivity index (χ2n) is 2.75. The van der Waals surface area contributed by atoms with Gasteiger partial charge in [-0.1, -0.05) is 0 Å². The molecular formula is C5H6BrF2O3P. The molecule has 2 heterocycles. The Morgan fingerprint density at radius 1 is 1.33 bits per heavy atom. The van der Waals surface area contributed by atoms with Gasteiger partial charge in [0.15, 0.2) is 0 Å². The zero-order valence-corrected chi connectivity index (χ0v) is 8.36.